The molecule has 1 aromatic carbocycles. The number of nitrogens with one attached hydrogen (secondary N) is 2. The number of piperidine rings is 3. The number of amides is 4. The van der Waals surface area contributed by atoms with Gasteiger partial charge in [0.1, 0.15) is 6.04 Å². The molecule has 5 heterocycles. The lowest BCUT2D eigenvalue weighted by Gasteiger charge is -2.41. The molecule has 6 rings (SSSR count). The van der Waals surface area contributed by atoms with Crippen molar-refractivity contribution in [3.8, 4) is 0 Å². The van der Waals surface area contributed by atoms with E-state index in [-0.39, 0.29) is 42.1 Å². The monoisotopic (exact) mass is 618 g/mol. The summed E-state index contributed by atoms with van der Waals surface area (Å²) in [5.41, 5.74) is 14.7. The van der Waals surface area contributed by atoms with Gasteiger partial charge in [0.15, 0.2) is 5.82 Å². The molecular formula is C32H46N10O3. The summed E-state index contributed by atoms with van der Waals surface area (Å²) in [6.45, 7) is 6.91. The zero-order chi connectivity index (χ0) is 31.5. The van der Waals surface area contributed by atoms with Gasteiger partial charge in [-0.3, -0.25) is 9.59 Å². The predicted octanol–water partition coefficient (Wildman–Crippen LogP) is 2.64. The van der Waals surface area contributed by atoms with Crippen LogP contribution in [0.25, 0.3) is 0 Å². The van der Waals surface area contributed by atoms with E-state index in [0.717, 1.165) is 37.2 Å². The Morgan fingerprint density at radius 2 is 1.60 bits per heavy atom. The van der Waals surface area contributed by atoms with Gasteiger partial charge in [0.05, 0.1) is 17.8 Å². The molecule has 13 nitrogen and oxygen atoms in total. The van der Waals surface area contributed by atoms with E-state index in [2.05, 4.69) is 25.5 Å². The lowest BCUT2D eigenvalue weighted by atomic mass is 9.98. The number of para-hydroxylation sites is 1. The van der Waals surface area contributed by atoms with Crippen LogP contribution in [0.15, 0.2) is 24.3 Å². The van der Waals surface area contributed by atoms with Gasteiger partial charge in [-0.15, -0.1) is 0 Å². The molecule has 0 unspecified atom stereocenters. The summed E-state index contributed by atoms with van der Waals surface area (Å²) in [7, 11) is 0. The molecule has 1 aromatic heterocycles. The summed E-state index contributed by atoms with van der Waals surface area (Å²) in [6, 6.07) is 7.43. The summed E-state index contributed by atoms with van der Waals surface area (Å²) >= 11 is 0. The zero-order valence-corrected chi connectivity index (χ0v) is 26.2. The van der Waals surface area contributed by atoms with Crippen LogP contribution in [0.2, 0.25) is 0 Å². The normalized spacial score (nSPS) is 20.8. The molecule has 1 atom stereocenters. The Labute approximate surface area is 264 Å². The van der Waals surface area contributed by atoms with Crippen LogP contribution < -0.4 is 22.1 Å². The summed E-state index contributed by atoms with van der Waals surface area (Å²) in [5, 5.41) is 6.13. The van der Waals surface area contributed by atoms with Gasteiger partial charge in [0.25, 0.3) is 0 Å². The van der Waals surface area contributed by atoms with Crippen LogP contribution in [-0.4, -0.2) is 105 Å². The Kier molecular flexibility index (Phi) is 9.24. The van der Waals surface area contributed by atoms with Crippen molar-refractivity contribution in [3.05, 3.63) is 35.5 Å². The Hall–Kier alpha value is -4.13. The minimum Gasteiger partial charge on any atom is -0.394 e. The minimum absolute atomic E-state index is 0.0280. The molecule has 0 aliphatic carbocycles. The number of fused-ring (bicyclic) bond motifs is 1. The molecule has 4 amide bonds. The third-order valence-electron chi connectivity index (χ3n) is 9.95. The van der Waals surface area contributed by atoms with Gasteiger partial charge >= 0.3 is 6.03 Å². The van der Waals surface area contributed by atoms with Crippen LogP contribution >= 0.6 is 0 Å². The van der Waals surface area contributed by atoms with Crippen molar-refractivity contribution in [2.75, 3.05) is 61.4 Å². The van der Waals surface area contributed by atoms with Crippen molar-refractivity contribution >= 4 is 41.0 Å². The van der Waals surface area contributed by atoms with Crippen molar-refractivity contribution in [2.45, 2.75) is 83.0 Å². The molecule has 4 aliphatic rings. The molecule has 0 bridgehead atoms. The highest BCUT2D eigenvalue weighted by atomic mass is 16.2. The number of urea groups is 1. The van der Waals surface area contributed by atoms with Gasteiger partial charge in [0.2, 0.25) is 17.8 Å². The molecule has 13 heteroatoms. The number of nitrogens with zero attached hydrogens (tertiary/aromatic N) is 6. The maximum absolute atomic E-state index is 14.0. The molecule has 3 saturated heterocycles. The molecule has 3 fully saturated rings. The average Bonchev–Trinajstić information content (AvgIpc) is 3.06. The summed E-state index contributed by atoms with van der Waals surface area (Å²) in [4.78, 5) is 57.3. The Morgan fingerprint density at radius 1 is 0.933 bits per heavy atom. The van der Waals surface area contributed by atoms with Crippen LogP contribution in [0.3, 0.4) is 0 Å². The van der Waals surface area contributed by atoms with Crippen LogP contribution in [0.5, 0.6) is 0 Å². The predicted molar refractivity (Wildman–Crippen MR) is 173 cm³/mol. The van der Waals surface area contributed by atoms with Gasteiger partial charge < -0.3 is 41.7 Å². The number of carbonyl (C=O) groups is 3. The first-order chi connectivity index (χ1) is 21.8. The smallest absolute Gasteiger partial charge is 0.322 e. The fraction of sp³-hybridized carbons (Fsp3) is 0.594. The number of hydrogen-bond donors (Lipinski definition) is 4. The van der Waals surface area contributed by atoms with E-state index in [9.17, 15) is 14.4 Å². The van der Waals surface area contributed by atoms with E-state index in [1.807, 2.05) is 34.1 Å². The van der Waals surface area contributed by atoms with Crippen LogP contribution in [0.4, 0.5) is 27.9 Å². The lowest BCUT2D eigenvalue weighted by Crippen LogP contribution is -2.53. The zero-order valence-electron chi connectivity index (χ0n) is 26.2. The van der Waals surface area contributed by atoms with E-state index >= 15 is 0 Å². The first-order valence-electron chi connectivity index (χ1n) is 16.4. The second kappa shape index (κ2) is 13.5. The van der Waals surface area contributed by atoms with E-state index in [4.69, 9.17) is 11.5 Å². The quantitative estimate of drug-likeness (QED) is 0.365. The van der Waals surface area contributed by atoms with E-state index in [1.165, 1.54) is 19.3 Å². The molecule has 4 aliphatic heterocycles. The Morgan fingerprint density at radius 3 is 2.31 bits per heavy atom. The summed E-state index contributed by atoms with van der Waals surface area (Å²) in [5.74, 6) is 0.0756. The number of nitrogens with two attached hydrogens (primary N) is 2. The molecule has 6 N–H and O–H groups in total. The number of nitrogen functional groups attached to an aromatic ring is 2. The molecule has 0 saturated carbocycles. The van der Waals surface area contributed by atoms with Crippen molar-refractivity contribution < 1.29 is 14.4 Å². The van der Waals surface area contributed by atoms with Crippen molar-refractivity contribution in [2.24, 2.45) is 0 Å². The highest BCUT2D eigenvalue weighted by Crippen LogP contribution is 2.28. The topological polar surface area (TPSA) is 166 Å². The highest BCUT2D eigenvalue weighted by molar-refractivity contribution is 5.93. The van der Waals surface area contributed by atoms with Gasteiger partial charge in [-0.05, 0) is 70.2 Å². The number of aromatic nitrogens is 2. The van der Waals surface area contributed by atoms with E-state index < -0.39 is 6.04 Å². The number of rotatable bonds is 7. The number of anilines is 4. The van der Waals surface area contributed by atoms with E-state index in [0.29, 0.717) is 63.0 Å². The SMILES string of the molecule is Cc1nc(N[C@@H](CC(=O)N2CCC(N3Cc4ccccc4NC3=O)CC2)C(=O)N2CCC(N3CCCCC3)CC2)nc(N)c1N. The second-order valence-electron chi connectivity index (χ2n) is 12.8. The fourth-order valence-electron chi connectivity index (χ4n) is 7.23. The number of likely N-dealkylation sites (tertiary alicyclic amines) is 3. The lowest BCUT2D eigenvalue weighted by molar-refractivity contribution is -0.139. The van der Waals surface area contributed by atoms with Gasteiger partial charge in [-0.25, -0.2) is 9.78 Å². The molecule has 0 radical (unpaired) electrons. The minimum atomic E-state index is -0.839. The third kappa shape index (κ3) is 6.92. The van der Waals surface area contributed by atoms with Crippen LogP contribution in [0, 0.1) is 6.92 Å². The molecular weight excluding hydrogens is 572 g/mol. The Bertz CT molecular complexity index is 1370. The first kappa shape index (κ1) is 30.9. The van der Waals surface area contributed by atoms with Gasteiger partial charge in [0, 0.05) is 50.5 Å². The van der Waals surface area contributed by atoms with Crippen molar-refractivity contribution in [1.29, 1.82) is 0 Å². The fourth-order valence-corrected chi connectivity index (χ4v) is 7.23. The third-order valence-corrected chi connectivity index (χ3v) is 9.95. The second-order valence-corrected chi connectivity index (χ2v) is 12.8. The number of benzene rings is 1. The maximum atomic E-state index is 14.0. The van der Waals surface area contributed by atoms with Gasteiger partial charge in [-0.2, -0.15) is 4.98 Å². The Balaban J connectivity index is 1.09. The first-order valence-corrected chi connectivity index (χ1v) is 16.4. The number of aryl methyl sites for hydroxylation is 1. The molecule has 2 aromatic rings. The van der Waals surface area contributed by atoms with E-state index in [1.54, 1.807) is 11.8 Å². The largest absolute Gasteiger partial charge is 0.394 e. The van der Waals surface area contributed by atoms with Crippen LogP contribution in [-0.2, 0) is 16.1 Å². The van der Waals surface area contributed by atoms with Gasteiger partial charge in [-0.1, -0.05) is 24.6 Å². The standard InChI is InChI=1S/C32H46N10O3/c1-21-28(33)29(34)38-31(35-21)36-26(30(44)41-17-9-23(10-18-41)39-13-5-2-6-14-39)19-27(43)40-15-11-24(12-16-40)42-20-22-7-3-4-8-25(22)37-32(42)45/h3-4,7-8,23-24,26H,2,5-6,9-20,33H2,1H3,(H,37,45)(H3,34,35,36,38)/t26-/m0/s1. The number of hydrogen-bond acceptors (Lipinski definition) is 9. The average molecular weight is 619 g/mol. The maximum Gasteiger partial charge on any atom is 0.322 e. The molecule has 0 spiro atoms. The highest BCUT2D eigenvalue weighted by Gasteiger charge is 2.36. The van der Waals surface area contributed by atoms with Crippen LogP contribution in [0.1, 0.15) is 62.6 Å². The van der Waals surface area contributed by atoms with Crippen molar-refractivity contribution in [3.63, 3.8) is 0 Å². The molecule has 242 valence electrons. The number of carbonyl (C=O) groups excluding carboxylic acids is 3. The summed E-state index contributed by atoms with van der Waals surface area (Å²) < 4.78 is 0. The van der Waals surface area contributed by atoms with Crippen molar-refractivity contribution in [1.82, 2.24) is 29.6 Å². The summed E-state index contributed by atoms with van der Waals surface area (Å²) in [6.07, 6.45) is 6.97. The molecule has 45 heavy (non-hydrogen) atoms.